The van der Waals surface area contributed by atoms with Gasteiger partial charge in [-0.15, -0.1) is 0 Å². The second kappa shape index (κ2) is 6.39. The zero-order chi connectivity index (χ0) is 11.1. The summed E-state index contributed by atoms with van der Waals surface area (Å²) in [6.45, 7) is 4.16. The third-order valence-corrected chi connectivity index (χ3v) is 2.75. The Kier molecular flexibility index (Phi) is 5.09. The molecular formula is C14H20O. The molecule has 1 unspecified atom stereocenters. The van der Waals surface area contributed by atoms with Gasteiger partial charge in [-0.05, 0) is 24.0 Å². The number of rotatable bonds is 6. The van der Waals surface area contributed by atoms with Gasteiger partial charge >= 0.3 is 0 Å². The molecule has 1 heteroatoms. The van der Waals surface area contributed by atoms with E-state index in [1.54, 1.807) is 0 Å². The maximum Gasteiger partial charge on any atom is 0.127 e. The van der Waals surface area contributed by atoms with E-state index in [1.807, 2.05) is 13.0 Å². The van der Waals surface area contributed by atoms with Gasteiger partial charge in [0, 0.05) is 5.92 Å². The molecule has 0 radical (unpaired) electrons. The van der Waals surface area contributed by atoms with Gasteiger partial charge in [0.15, 0.2) is 0 Å². The molecule has 0 saturated carbocycles. The van der Waals surface area contributed by atoms with E-state index in [2.05, 4.69) is 25.1 Å². The lowest BCUT2D eigenvalue weighted by atomic mass is 9.98. The van der Waals surface area contributed by atoms with Gasteiger partial charge in [0.2, 0.25) is 0 Å². The Labute approximate surface area is 92.5 Å². The molecule has 0 spiro atoms. The second-order valence-electron chi connectivity index (χ2n) is 4.13. The SMILES string of the molecule is CCCCCc1cccc(C(C)C=O)c1. The summed E-state index contributed by atoms with van der Waals surface area (Å²) < 4.78 is 0. The van der Waals surface area contributed by atoms with Crippen molar-refractivity contribution >= 4 is 6.29 Å². The number of aryl methyl sites for hydroxylation is 1. The fourth-order valence-corrected chi connectivity index (χ4v) is 1.69. The summed E-state index contributed by atoms with van der Waals surface area (Å²) in [5, 5.41) is 0. The van der Waals surface area contributed by atoms with Crippen LogP contribution < -0.4 is 0 Å². The van der Waals surface area contributed by atoms with Gasteiger partial charge in [-0.2, -0.15) is 0 Å². The van der Waals surface area contributed by atoms with Crippen molar-refractivity contribution in [3.63, 3.8) is 0 Å². The van der Waals surface area contributed by atoms with E-state index in [-0.39, 0.29) is 5.92 Å². The highest BCUT2D eigenvalue weighted by atomic mass is 16.1. The van der Waals surface area contributed by atoms with Crippen LogP contribution in [0.3, 0.4) is 0 Å². The molecule has 0 amide bonds. The predicted octanol–water partition coefficient (Wildman–Crippen LogP) is 3.72. The Morgan fingerprint density at radius 2 is 2.13 bits per heavy atom. The van der Waals surface area contributed by atoms with Crippen LogP contribution in [0.5, 0.6) is 0 Å². The van der Waals surface area contributed by atoms with Crippen molar-refractivity contribution in [3.05, 3.63) is 35.4 Å². The van der Waals surface area contributed by atoms with Crippen LogP contribution >= 0.6 is 0 Å². The number of carbonyl (C=O) groups is 1. The van der Waals surface area contributed by atoms with Crippen LogP contribution in [0.2, 0.25) is 0 Å². The number of unbranched alkanes of at least 4 members (excludes halogenated alkanes) is 2. The standard InChI is InChI=1S/C14H20O/c1-3-4-5-7-13-8-6-9-14(10-13)12(2)11-15/h6,8-12H,3-5,7H2,1-2H3. The van der Waals surface area contributed by atoms with Crippen molar-refractivity contribution in [1.29, 1.82) is 0 Å². The summed E-state index contributed by atoms with van der Waals surface area (Å²) >= 11 is 0. The smallest absolute Gasteiger partial charge is 0.127 e. The van der Waals surface area contributed by atoms with E-state index in [0.717, 1.165) is 18.3 Å². The summed E-state index contributed by atoms with van der Waals surface area (Å²) in [7, 11) is 0. The molecule has 1 rings (SSSR count). The summed E-state index contributed by atoms with van der Waals surface area (Å²) in [6.07, 6.45) is 5.92. The summed E-state index contributed by atoms with van der Waals surface area (Å²) in [5.41, 5.74) is 2.49. The normalized spacial score (nSPS) is 12.4. The number of aldehydes is 1. The van der Waals surface area contributed by atoms with E-state index >= 15 is 0 Å². The first kappa shape index (κ1) is 12.0. The van der Waals surface area contributed by atoms with Crippen molar-refractivity contribution in [3.8, 4) is 0 Å². The Morgan fingerprint density at radius 3 is 2.80 bits per heavy atom. The van der Waals surface area contributed by atoms with Crippen LogP contribution in [0.4, 0.5) is 0 Å². The highest BCUT2D eigenvalue weighted by Crippen LogP contribution is 2.16. The van der Waals surface area contributed by atoms with Gasteiger partial charge in [0.05, 0.1) is 0 Å². The Balaban J connectivity index is 2.61. The van der Waals surface area contributed by atoms with Crippen molar-refractivity contribution in [2.75, 3.05) is 0 Å². The molecule has 0 aliphatic rings. The molecule has 0 N–H and O–H groups in total. The second-order valence-corrected chi connectivity index (χ2v) is 4.13. The predicted molar refractivity (Wildman–Crippen MR) is 64.2 cm³/mol. The van der Waals surface area contributed by atoms with E-state index < -0.39 is 0 Å². The highest BCUT2D eigenvalue weighted by Gasteiger charge is 2.03. The first-order valence-electron chi connectivity index (χ1n) is 5.82. The zero-order valence-corrected chi connectivity index (χ0v) is 9.70. The highest BCUT2D eigenvalue weighted by molar-refractivity contribution is 5.61. The molecule has 0 aromatic heterocycles. The maximum absolute atomic E-state index is 10.7. The summed E-state index contributed by atoms with van der Waals surface area (Å²) in [5.74, 6) is 0.0242. The van der Waals surface area contributed by atoms with Crippen LogP contribution in [0.15, 0.2) is 24.3 Å². The van der Waals surface area contributed by atoms with Crippen LogP contribution in [0.1, 0.15) is 50.2 Å². The number of carbonyl (C=O) groups excluding carboxylic acids is 1. The lowest BCUT2D eigenvalue weighted by Crippen LogP contribution is -1.95. The van der Waals surface area contributed by atoms with Crippen molar-refractivity contribution in [2.45, 2.75) is 45.4 Å². The van der Waals surface area contributed by atoms with Crippen LogP contribution in [-0.2, 0) is 11.2 Å². The quantitative estimate of drug-likeness (QED) is 0.510. The van der Waals surface area contributed by atoms with Gasteiger partial charge in [-0.25, -0.2) is 0 Å². The van der Waals surface area contributed by atoms with Gasteiger partial charge in [0.1, 0.15) is 6.29 Å². The van der Waals surface area contributed by atoms with Crippen molar-refractivity contribution < 1.29 is 4.79 Å². The minimum absolute atomic E-state index is 0.0242. The molecule has 0 aliphatic heterocycles. The van der Waals surface area contributed by atoms with Crippen LogP contribution in [-0.4, -0.2) is 6.29 Å². The van der Waals surface area contributed by atoms with E-state index in [9.17, 15) is 4.79 Å². The lowest BCUT2D eigenvalue weighted by molar-refractivity contribution is -0.108. The number of hydrogen-bond acceptors (Lipinski definition) is 1. The maximum atomic E-state index is 10.7. The average molecular weight is 204 g/mol. The largest absolute Gasteiger partial charge is 0.303 e. The molecule has 0 saturated heterocycles. The fourth-order valence-electron chi connectivity index (χ4n) is 1.69. The molecule has 0 heterocycles. The summed E-state index contributed by atoms with van der Waals surface area (Å²) in [6, 6.07) is 8.39. The Morgan fingerprint density at radius 1 is 1.33 bits per heavy atom. The molecule has 15 heavy (non-hydrogen) atoms. The van der Waals surface area contributed by atoms with Crippen molar-refractivity contribution in [2.24, 2.45) is 0 Å². The Hall–Kier alpha value is -1.11. The first-order valence-corrected chi connectivity index (χ1v) is 5.82. The van der Waals surface area contributed by atoms with Crippen LogP contribution in [0, 0.1) is 0 Å². The van der Waals surface area contributed by atoms with E-state index in [0.29, 0.717) is 0 Å². The molecule has 82 valence electrons. The third kappa shape index (κ3) is 3.86. The summed E-state index contributed by atoms with van der Waals surface area (Å²) in [4.78, 5) is 10.7. The average Bonchev–Trinajstić information content (AvgIpc) is 2.29. The number of benzene rings is 1. The minimum Gasteiger partial charge on any atom is -0.303 e. The van der Waals surface area contributed by atoms with Gasteiger partial charge in [-0.1, -0.05) is 51.0 Å². The van der Waals surface area contributed by atoms with Gasteiger partial charge in [-0.3, -0.25) is 0 Å². The fraction of sp³-hybridized carbons (Fsp3) is 0.500. The molecule has 1 aromatic carbocycles. The molecule has 0 aliphatic carbocycles. The van der Waals surface area contributed by atoms with Crippen LogP contribution in [0.25, 0.3) is 0 Å². The van der Waals surface area contributed by atoms with E-state index in [4.69, 9.17) is 0 Å². The third-order valence-electron chi connectivity index (χ3n) is 2.75. The molecular weight excluding hydrogens is 184 g/mol. The molecule has 1 nitrogen and oxygen atoms in total. The zero-order valence-electron chi connectivity index (χ0n) is 9.70. The molecule has 0 fully saturated rings. The number of hydrogen-bond donors (Lipinski definition) is 0. The minimum atomic E-state index is 0.0242. The van der Waals surface area contributed by atoms with E-state index in [1.165, 1.54) is 24.8 Å². The molecule has 0 bridgehead atoms. The molecule has 1 aromatic rings. The lowest BCUT2D eigenvalue weighted by Gasteiger charge is -2.07. The molecule has 1 atom stereocenters. The van der Waals surface area contributed by atoms with Crippen molar-refractivity contribution in [1.82, 2.24) is 0 Å². The first-order chi connectivity index (χ1) is 7.27. The monoisotopic (exact) mass is 204 g/mol. The Bertz CT molecular complexity index is 304. The van der Waals surface area contributed by atoms with Gasteiger partial charge < -0.3 is 4.79 Å². The van der Waals surface area contributed by atoms with Gasteiger partial charge in [0.25, 0.3) is 0 Å². The topological polar surface area (TPSA) is 17.1 Å².